The number of benzene rings is 2. The summed E-state index contributed by atoms with van der Waals surface area (Å²) in [7, 11) is -9.00. The second-order valence-corrected chi connectivity index (χ2v) is 7.42. The van der Waals surface area contributed by atoms with Crippen molar-refractivity contribution < 1.29 is 36.2 Å². The highest BCUT2D eigenvalue weighted by molar-refractivity contribution is 7.86. The van der Waals surface area contributed by atoms with E-state index in [4.69, 9.17) is 9.11 Å². The third-order valence-electron chi connectivity index (χ3n) is 2.88. The Morgan fingerprint density at radius 1 is 0.792 bits per heavy atom. The van der Waals surface area contributed by atoms with Crippen LogP contribution in [-0.4, -0.2) is 42.4 Å². The molecule has 0 bridgehead atoms. The van der Waals surface area contributed by atoms with Crippen molar-refractivity contribution >= 4 is 32.1 Å². The maximum Gasteiger partial charge on any atom is 0.294 e. The molecule has 128 valence electrons. The number of phenolic OH excluding ortho intramolecular Hbond substituents is 2. The van der Waals surface area contributed by atoms with Gasteiger partial charge in [0.05, 0.1) is 9.79 Å². The van der Waals surface area contributed by atoms with Crippen LogP contribution in [0.4, 0.5) is 5.69 Å². The quantitative estimate of drug-likeness (QED) is 0.461. The zero-order valence-corrected chi connectivity index (χ0v) is 13.4. The summed E-state index contributed by atoms with van der Waals surface area (Å²) in [4.78, 5) is 2.75. The van der Waals surface area contributed by atoms with Gasteiger partial charge >= 0.3 is 0 Å². The Bertz CT molecular complexity index is 942. The third kappa shape index (κ3) is 4.08. The molecule has 11 heteroatoms. The van der Waals surface area contributed by atoms with Gasteiger partial charge in [-0.15, -0.1) is 0 Å². The highest BCUT2D eigenvalue weighted by Gasteiger charge is 2.13. The van der Waals surface area contributed by atoms with Crippen LogP contribution in [0.25, 0.3) is 0 Å². The Hall–Kier alpha value is -2.47. The number of rotatable bonds is 4. The van der Waals surface area contributed by atoms with Crippen molar-refractivity contribution in [1.82, 2.24) is 0 Å². The molecule has 0 aliphatic carbocycles. The molecule has 0 heterocycles. The van der Waals surface area contributed by atoms with Crippen LogP contribution in [0.1, 0.15) is 5.56 Å². The second-order valence-electron chi connectivity index (χ2n) is 4.58. The number of nitrogens with zero attached hydrogens (tertiary/aromatic N) is 1. The summed E-state index contributed by atoms with van der Waals surface area (Å²) in [5.41, 5.74) is -0.358. The molecule has 0 aliphatic heterocycles. The summed E-state index contributed by atoms with van der Waals surface area (Å²) in [6, 6.07) is 5.74. The van der Waals surface area contributed by atoms with Gasteiger partial charge in [-0.2, -0.15) is 16.8 Å². The molecule has 0 aromatic heterocycles. The molecule has 9 nitrogen and oxygen atoms in total. The van der Waals surface area contributed by atoms with E-state index in [1.807, 2.05) is 0 Å². The molecule has 0 fully saturated rings. The van der Waals surface area contributed by atoms with E-state index in [0.717, 1.165) is 42.6 Å². The Kier molecular flexibility index (Phi) is 4.62. The average Bonchev–Trinajstić information content (AvgIpc) is 2.45. The Balaban J connectivity index is 2.49. The molecule has 0 unspecified atom stereocenters. The van der Waals surface area contributed by atoms with E-state index in [0.29, 0.717) is 0 Å². The van der Waals surface area contributed by atoms with Crippen LogP contribution in [0, 0.1) is 0 Å². The minimum Gasteiger partial charge on any atom is -0.507 e. The highest BCUT2D eigenvalue weighted by Crippen LogP contribution is 2.29. The van der Waals surface area contributed by atoms with Crippen molar-refractivity contribution in [3.05, 3.63) is 42.0 Å². The van der Waals surface area contributed by atoms with Crippen LogP contribution in [-0.2, 0) is 20.2 Å². The van der Waals surface area contributed by atoms with Crippen molar-refractivity contribution in [2.45, 2.75) is 9.79 Å². The standard InChI is InChI=1S/C13H11NO8S2/c15-12-3-1-9(23(17,18)19)5-8(12)7-14-11-6-10(24(20,21)22)2-4-13(11)16/h1-7,15-16H,(H,17,18,19)(H,20,21,22). The molecule has 24 heavy (non-hydrogen) atoms. The molecule has 2 rings (SSSR count). The van der Waals surface area contributed by atoms with E-state index in [1.165, 1.54) is 0 Å². The maximum atomic E-state index is 11.1. The lowest BCUT2D eigenvalue weighted by Gasteiger charge is -2.04. The van der Waals surface area contributed by atoms with Gasteiger partial charge in [-0.05, 0) is 36.4 Å². The van der Waals surface area contributed by atoms with Gasteiger partial charge in [0.2, 0.25) is 0 Å². The number of aliphatic imine (C=N–C) groups is 1. The first-order valence-electron chi connectivity index (χ1n) is 6.13. The van der Waals surface area contributed by atoms with Gasteiger partial charge in [-0.1, -0.05) is 0 Å². The van der Waals surface area contributed by atoms with Gasteiger partial charge < -0.3 is 10.2 Å². The van der Waals surface area contributed by atoms with E-state index < -0.39 is 35.8 Å². The minimum absolute atomic E-state index is 0.109. The molecule has 0 saturated carbocycles. The summed E-state index contributed by atoms with van der Waals surface area (Å²) in [6.45, 7) is 0. The maximum absolute atomic E-state index is 11.1. The number of aromatic hydroxyl groups is 2. The van der Waals surface area contributed by atoms with Crippen LogP contribution in [0.3, 0.4) is 0 Å². The van der Waals surface area contributed by atoms with Crippen LogP contribution in [0.5, 0.6) is 11.5 Å². The lowest BCUT2D eigenvalue weighted by Crippen LogP contribution is -1.99. The van der Waals surface area contributed by atoms with Crippen molar-refractivity contribution in [2.75, 3.05) is 0 Å². The Morgan fingerprint density at radius 2 is 1.29 bits per heavy atom. The predicted molar refractivity (Wildman–Crippen MR) is 83.1 cm³/mol. The van der Waals surface area contributed by atoms with Gasteiger partial charge in [0.1, 0.15) is 17.2 Å². The largest absolute Gasteiger partial charge is 0.507 e. The summed E-state index contributed by atoms with van der Waals surface area (Å²) in [6.07, 6.45) is 0.951. The van der Waals surface area contributed by atoms with Gasteiger partial charge in [0, 0.05) is 11.8 Å². The number of hydrogen-bond acceptors (Lipinski definition) is 7. The third-order valence-corrected chi connectivity index (χ3v) is 4.58. The van der Waals surface area contributed by atoms with Gasteiger partial charge in [0.15, 0.2) is 0 Å². The molecular weight excluding hydrogens is 362 g/mol. The molecular formula is C13H11NO8S2. The van der Waals surface area contributed by atoms with Crippen LogP contribution >= 0.6 is 0 Å². The first-order chi connectivity index (χ1) is 11.0. The van der Waals surface area contributed by atoms with E-state index in [9.17, 15) is 27.0 Å². The summed E-state index contributed by atoms with van der Waals surface area (Å²) in [5.74, 6) is -0.777. The average molecular weight is 373 g/mol. The second kappa shape index (κ2) is 6.20. The first kappa shape index (κ1) is 17.9. The summed E-state index contributed by atoms with van der Waals surface area (Å²) in [5, 5.41) is 19.3. The van der Waals surface area contributed by atoms with Crippen molar-refractivity contribution in [3.63, 3.8) is 0 Å². The fourth-order valence-electron chi connectivity index (χ4n) is 1.70. The highest BCUT2D eigenvalue weighted by atomic mass is 32.2. The Morgan fingerprint density at radius 3 is 1.83 bits per heavy atom. The van der Waals surface area contributed by atoms with Crippen LogP contribution in [0.2, 0.25) is 0 Å². The number of hydrogen-bond donors (Lipinski definition) is 4. The fraction of sp³-hybridized carbons (Fsp3) is 0. The Labute approximate surface area is 137 Å². The van der Waals surface area contributed by atoms with E-state index in [2.05, 4.69) is 4.99 Å². The SMILES string of the molecule is O=S(=O)(O)c1ccc(O)c(C=Nc2cc(S(=O)(=O)O)ccc2O)c1. The van der Waals surface area contributed by atoms with Crippen molar-refractivity contribution in [3.8, 4) is 11.5 Å². The van der Waals surface area contributed by atoms with Crippen molar-refractivity contribution in [2.24, 2.45) is 4.99 Å². The molecule has 2 aromatic carbocycles. The lowest BCUT2D eigenvalue weighted by atomic mass is 10.2. The normalized spacial score (nSPS) is 12.6. The van der Waals surface area contributed by atoms with E-state index >= 15 is 0 Å². The first-order valence-corrected chi connectivity index (χ1v) is 9.01. The van der Waals surface area contributed by atoms with Gasteiger partial charge in [-0.3, -0.25) is 14.1 Å². The fourth-order valence-corrected chi connectivity index (χ4v) is 2.72. The molecule has 0 radical (unpaired) electrons. The van der Waals surface area contributed by atoms with Gasteiger partial charge in [0.25, 0.3) is 20.2 Å². The molecule has 4 N–H and O–H groups in total. The molecule has 0 amide bonds. The smallest absolute Gasteiger partial charge is 0.294 e. The molecule has 0 spiro atoms. The monoisotopic (exact) mass is 373 g/mol. The number of phenols is 2. The predicted octanol–water partition coefficient (Wildman–Crippen LogP) is 1.34. The summed E-state index contributed by atoms with van der Waals surface area (Å²) >= 11 is 0. The van der Waals surface area contributed by atoms with Crippen LogP contribution < -0.4 is 0 Å². The van der Waals surface area contributed by atoms with E-state index in [-0.39, 0.29) is 17.0 Å². The minimum atomic E-state index is -4.51. The lowest BCUT2D eigenvalue weighted by molar-refractivity contribution is 0.470. The van der Waals surface area contributed by atoms with Crippen LogP contribution in [0.15, 0.2) is 51.2 Å². The van der Waals surface area contributed by atoms with Crippen molar-refractivity contribution in [1.29, 1.82) is 0 Å². The zero-order valence-electron chi connectivity index (χ0n) is 11.7. The van der Waals surface area contributed by atoms with E-state index in [1.54, 1.807) is 0 Å². The molecule has 0 aliphatic rings. The van der Waals surface area contributed by atoms with Gasteiger partial charge in [-0.25, -0.2) is 0 Å². The topological polar surface area (TPSA) is 162 Å². The molecule has 0 saturated heterocycles. The summed E-state index contributed by atoms with van der Waals surface area (Å²) < 4.78 is 62.2. The molecule has 2 aromatic rings. The zero-order chi connectivity index (χ0) is 18.1. The molecule has 0 atom stereocenters.